The Kier molecular flexibility index (Phi) is 7.39. The number of ether oxygens (including phenoxy) is 1. The highest BCUT2D eigenvalue weighted by atomic mass is 16.5. The molecule has 0 aliphatic carbocycles. The number of carbonyl (C=O) groups excluding carboxylic acids is 2. The molecule has 9 nitrogen and oxygen atoms in total. The van der Waals surface area contributed by atoms with Gasteiger partial charge >= 0.3 is 0 Å². The van der Waals surface area contributed by atoms with Crippen molar-refractivity contribution in [3.63, 3.8) is 0 Å². The largest absolute Gasteiger partial charge is 0.378 e. The van der Waals surface area contributed by atoms with Crippen LogP contribution in [0.1, 0.15) is 47.3 Å². The smallest absolute Gasteiger partial charge is 0.255 e. The minimum absolute atomic E-state index is 0.000565. The molecular weight excluding hydrogens is 422 g/mol. The summed E-state index contributed by atoms with van der Waals surface area (Å²) in [7, 11) is 0. The first kappa shape index (κ1) is 23.0. The quantitative estimate of drug-likeness (QED) is 0.694. The average Bonchev–Trinajstić information content (AvgIpc) is 2.84. The van der Waals surface area contributed by atoms with Gasteiger partial charge < -0.3 is 19.9 Å². The number of aryl methyl sites for hydroxylation is 1. The molecule has 0 saturated carbocycles. The Hall–Kier alpha value is -3.20. The number of piperidine rings is 1. The van der Waals surface area contributed by atoms with E-state index in [9.17, 15) is 14.4 Å². The highest BCUT2D eigenvalue weighted by Crippen LogP contribution is 2.17. The second-order valence-electron chi connectivity index (χ2n) is 8.53. The summed E-state index contributed by atoms with van der Waals surface area (Å²) in [5, 5.41) is 2.85. The van der Waals surface area contributed by atoms with Gasteiger partial charge in [0.15, 0.2) is 0 Å². The summed E-state index contributed by atoms with van der Waals surface area (Å²) in [4.78, 5) is 49.1. The summed E-state index contributed by atoms with van der Waals surface area (Å²) in [6.45, 7) is 5.93. The number of nitrogens with one attached hydrogen (secondary N) is 2. The normalized spacial score (nSPS) is 16.5. The summed E-state index contributed by atoms with van der Waals surface area (Å²) < 4.78 is 5.34. The molecule has 176 valence electrons. The van der Waals surface area contributed by atoms with E-state index in [-0.39, 0.29) is 30.2 Å². The van der Waals surface area contributed by atoms with Crippen molar-refractivity contribution < 1.29 is 14.3 Å². The average molecular weight is 454 g/mol. The molecule has 3 heterocycles. The zero-order valence-corrected chi connectivity index (χ0v) is 19.1. The topological polar surface area (TPSA) is 108 Å². The molecule has 0 radical (unpaired) electrons. The number of aromatic nitrogens is 2. The van der Waals surface area contributed by atoms with Crippen LogP contribution < -0.4 is 15.8 Å². The summed E-state index contributed by atoms with van der Waals surface area (Å²) in [5.74, 6) is 0.331. The maximum Gasteiger partial charge on any atom is 0.255 e. The molecule has 2 N–H and O–H groups in total. The zero-order chi connectivity index (χ0) is 23.2. The Balaban J connectivity index is 1.36. The highest BCUT2D eigenvalue weighted by molar-refractivity contribution is 5.97. The number of hydrogen-bond acceptors (Lipinski definition) is 6. The van der Waals surface area contributed by atoms with Crippen molar-refractivity contribution in [2.75, 3.05) is 49.6 Å². The number of nitrogens with zero attached hydrogens (tertiary/aromatic N) is 3. The lowest BCUT2D eigenvalue weighted by Gasteiger charge is -2.27. The Morgan fingerprint density at radius 2 is 1.88 bits per heavy atom. The van der Waals surface area contributed by atoms with Gasteiger partial charge in [-0.2, -0.15) is 0 Å². The minimum atomic E-state index is -0.217. The van der Waals surface area contributed by atoms with Crippen molar-refractivity contribution in [2.45, 2.75) is 39.0 Å². The van der Waals surface area contributed by atoms with Crippen LogP contribution in [0, 0.1) is 6.92 Å². The number of rotatable bonds is 6. The van der Waals surface area contributed by atoms with Gasteiger partial charge in [-0.15, -0.1) is 0 Å². The van der Waals surface area contributed by atoms with Crippen LogP contribution in [0.3, 0.4) is 0 Å². The number of aromatic amines is 1. The SMILES string of the molecule is Cc1nc(N2CCOCC2)[nH]c(=O)c1CCC(=O)Nc1cccc(C(=O)N2CCCCC2)c1. The maximum atomic E-state index is 12.7. The lowest BCUT2D eigenvalue weighted by atomic mass is 10.1. The van der Waals surface area contributed by atoms with E-state index in [0.717, 1.165) is 32.4 Å². The summed E-state index contributed by atoms with van der Waals surface area (Å²) >= 11 is 0. The van der Waals surface area contributed by atoms with Crippen LogP contribution in [-0.2, 0) is 16.0 Å². The van der Waals surface area contributed by atoms with Crippen LogP contribution >= 0.6 is 0 Å². The predicted molar refractivity (Wildman–Crippen MR) is 126 cm³/mol. The maximum absolute atomic E-state index is 12.7. The number of hydrogen-bond donors (Lipinski definition) is 2. The molecule has 4 rings (SSSR count). The summed E-state index contributed by atoms with van der Waals surface area (Å²) in [6, 6.07) is 7.03. The van der Waals surface area contributed by atoms with E-state index in [2.05, 4.69) is 15.3 Å². The Morgan fingerprint density at radius 1 is 1.12 bits per heavy atom. The minimum Gasteiger partial charge on any atom is -0.378 e. The number of anilines is 2. The lowest BCUT2D eigenvalue weighted by Crippen LogP contribution is -2.38. The number of H-pyrrole nitrogens is 1. The third-order valence-corrected chi connectivity index (χ3v) is 6.16. The second kappa shape index (κ2) is 10.6. The van der Waals surface area contributed by atoms with Crippen molar-refractivity contribution in [1.82, 2.24) is 14.9 Å². The molecule has 0 unspecified atom stereocenters. The van der Waals surface area contributed by atoms with Crippen molar-refractivity contribution in [2.24, 2.45) is 0 Å². The van der Waals surface area contributed by atoms with Gasteiger partial charge in [0.1, 0.15) is 0 Å². The first-order chi connectivity index (χ1) is 16.0. The molecule has 2 amide bonds. The van der Waals surface area contributed by atoms with E-state index in [0.29, 0.717) is 54.8 Å². The first-order valence-electron chi connectivity index (χ1n) is 11.6. The number of morpholine rings is 1. The molecule has 2 aliphatic heterocycles. The molecule has 0 bridgehead atoms. The van der Waals surface area contributed by atoms with Gasteiger partial charge in [-0.1, -0.05) is 6.07 Å². The standard InChI is InChI=1S/C24H31N5O4/c1-17-20(22(31)27-24(25-17)29-12-14-33-15-13-29)8-9-21(30)26-19-7-5-6-18(16-19)23(32)28-10-3-2-4-11-28/h5-7,16H,2-4,8-15H2,1H3,(H,26,30)(H,25,27,31). The number of amides is 2. The van der Waals surface area contributed by atoms with Crippen LogP contribution in [0.4, 0.5) is 11.6 Å². The molecule has 1 aromatic carbocycles. The van der Waals surface area contributed by atoms with E-state index in [1.54, 1.807) is 31.2 Å². The fourth-order valence-electron chi connectivity index (χ4n) is 4.29. The van der Waals surface area contributed by atoms with Gasteiger partial charge in [0.2, 0.25) is 11.9 Å². The number of carbonyl (C=O) groups is 2. The van der Waals surface area contributed by atoms with Crippen molar-refractivity contribution in [3.8, 4) is 0 Å². The molecule has 0 atom stereocenters. The first-order valence-corrected chi connectivity index (χ1v) is 11.6. The monoisotopic (exact) mass is 453 g/mol. The van der Waals surface area contributed by atoms with E-state index < -0.39 is 0 Å². The fraction of sp³-hybridized carbons (Fsp3) is 0.500. The van der Waals surface area contributed by atoms with Crippen LogP contribution in [0.25, 0.3) is 0 Å². The van der Waals surface area contributed by atoms with Crippen LogP contribution in [0.15, 0.2) is 29.1 Å². The van der Waals surface area contributed by atoms with Crippen molar-refractivity contribution in [1.29, 1.82) is 0 Å². The van der Waals surface area contributed by atoms with Gasteiger partial charge in [0.25, 0.3) is 11.5 Å². The van der Waals surface area contributed by atoms with Crippen LogP contribution in [0.5, 0.6) is 0 Å². The van der Waals surface area contributed by atoms with E-state index in [1.807, 2.05) is 9.80 Å². The summed E-state index contributed by atoms with van der Waals surface area (Å²) in [5.41, 5.74) is 2.07. The van der Waals surface area contributed by atoms with Gasteiger partial charge in [-0.3, -0.25) is 19.4 Å². The lowest BCUT2D eigenvalue weighted by molar-refractivity contribution is -0.116. The third-order valence-electron chi connectivity index (χ3n) is 6.16. The molecular formula is C24H31N5O4. The molecule has 2 aromatic rings. The predicted octanol–water partition coefficient (Wildman–Crippen LogP) is 2.11. The summed E-state index contributed by atoms with van der Waals surface area (Å²) in [6.07, 6.45) is 3.65. The van der Waals surface area contributed by atoms with Gasteiger partial charge in [-0.25, -0.2) is 4.98 Å². The van der Waals surface area contributed by atoms with Crippen molar-refractivity contribution >= 4 is 23.5 Å². The molecule has 1 aromatic heterocycles. The molecule has 0 spiro atoms. The third kappa shape index (κ3) is 5.78. The molecule has 2 aliphatic rings. The van der Waals surface area contributed by atoms with Crippen LogP contribution in [-0.4, -0.2) is 66.1 Å². The Labute approximate surface area is 193 Å². The van der Waals surface area contributed by atoms with Gasteiger partial charge in [-0.05, 0) is 50.8 Å². The molecule has 33 heavy (non-hydrogen) atoms. The Morgan fingerprint density at radius 3 is 2.61 bits per heavy atom. The molecule has 2 saturated heterocycles. The van der Waals surface area contributed by atoms with E-state index in [1.165, 1.54) is 0 Å². The van der Waals surface area contributed by atoms with E-state index >= 15 is 0 Å². The molecule has 9 heteroatoms. The van der Waals surface area contributed by atoms with Gasteiger partial charge in [0.05, 0.1) is 13.2 Å². The fourth-order valence-corrected chi connectivity index (χ4v) is 4.29. The molecule has 2 fully saturated rings. The van der Waals surface area contributed by atoms with Gasteiger partial charge in [0, 0.05) is 55.1 Å². The zero-order valence-electron chi connectivity index (χ0n) is 19.1. The highest BCUT2D eigenvalue weighted by Gasteiger charge is 2.19. The van der Waals surface area contributed by atoms with Crippen molar-refractivity contribution in [3.05, 3.63) is 51.4 Å². The number of benzene rings is 1. The van der Waals surface area contributed by atoms with E-state index in [4.69, 9.17) is 4.74 Å². The Bertz CT molecular complexity index is 1060. The van der Waals surface area contributed by atoms with Crippen LogP contribution in [0.2, 0.25) is 0 Å². The second-order valence-corrected chi connectivity index (χ2v) is 8.53. The number of likely N-dealkylation sites (tertiary alicyclic amines) is 1.